The van der Waals surface area contributed by atoms with Crippen molar-refractivity contribution in [2.75, 3.05) is 6.54 Å². The highest BCUT2D eigenvalue weighted by Gasteiger charge is 2.12. The second-order valence-electron chi connectivity index (χ2n) is 5.07. The van der Waals surface area contributed by atoms with Crippen LogP contribution in [0.3, 0.4) is 0 Å². The summed E-state index contributed by atoms with van der Waals surface area (Å²) in [5.41, 5.74) is 2.07. The molecule has 0 saturated carbocycles. The van der Waals surface area contributed by atoms with Crippen molar-refractivity contribution in [1.82, 2.24) is 5.32 Å². The van der Waals surface area contributed by atoms with Crippen LogP contribution < -0.4 is 5.32 Å². The molecule has 2 aromatic carbocycles. The average molecular weight is 308 g/mol. The van der Waals surface area contributed by atoms with Gasteiger partial charge in [0.25, 0.3) is 0 Å². The topological polar surface area (TPSA) is 32.3 Å². The Labute approximate surface area is 129 Å². The van der Waals surface area contributed by atoms with Crippen molar-refractivity contribution in [2.24, 2.45) is 0 Å². The summed E-state index contributed by atoms with van der Waals surface area (Å²) >= 11 is 6.10. The van der Waals surface area contributed by atoms with Crippen molar-refractivity contribution in [3.05, 3.63) is 64.4 Å². The molecule has 0 fully saturated rings. The van der Waals surface area contributed by atoms with Crippen molar-refractivity contribution in [1.29, 1.82) is 0 Å². The standard InChI is InChI=1S/C17H19ClFNO/c1-2-20-15(9-12-3-7-16(21)8-4-12)10-13-5-6-14(19)11-17(13)18/h3-8,11,15,20-21H,2,9-10H2,1H3. The highest BCUT2D eigenvalue weighted by Crippen LogP contribution is 2.20. The lowest BCUT2D eigenvalue weighted by Gasteiger charge is -2.19. The second kappa shape index (κ2) is 7.43. The van der Waals surface area contributed by atoms with Gasteiger partial charge in [-0.05, 0) is 54.8 Å². The number of phenolic OH excluding ortho intramolecular Hbond substituents is 1. The van der Waals surface area contributed by atoms with Crippen LogP contribution in [-0.4, -0.2) is 17.7 Å². The largest absolute Gasteiger partial charge is 0.508 e. The van der Waals surface area contributed by atoms with Gasteiger partial charge in [-0.1, -0.05) is 36.7 Å². The van der Waals surface area contributed by atoms with E-state index < -0.39 is 0 Å². The molecule has 0 aromatic heterocycles. The molecule has 0 aliphatic rings. The Morgan fingerprint density at radius 2 is 1.86 bits per heavy atom. The third-order valence-electron chi connectivity index (χ3n) is 3.39. The lowest BCUT2D eigenvalue weighted by atomic mass is 9.98. The van der Waals surface area contributed by atoms with E-state index in [9.17, 15) is 9.50 Å². The number of likely N-dealkylation sites (N-methyl/N-ethyl adjacent to an activating group) is 1. The first-order chi connectivity index (χ1) is 10.1. The Morgan fingerprint density at radius 3 is 2.48 bits per heavy atom. The van der Waals surface area contributed by atoms with E-state index >= 15 is 0 Å². The highest BCUT2D eigenvalue weighted by molar-refractivity contribution is 6.31. The first-order valence-electron chi connectivity index (χ1n) is 7.03. The number of hydrogen-bond acceptors (Lipinski definition) is 2. The van der Waals surface area contributed by atoms with E-state index in [1.807, 2.05) is 12.1 Å². The number of nitrogens with one attached hydrogen (secondary N) is 1. The Hall–Kier alpha value is -1.58. The number of phenols is 1. The minimum absolute atomic E-state index is 0.211. The van der Waals surface area contributed by atoms with Crippen LogP contribution in [-0.2, 0) is 12.8 Å². The summed E-state index contributed by atoms with van der Waals surface area (Å²) in [5.74, 6) is -0.0531. The monoisotopic (exact) mass is 307 g/mol. The first-order valence-corrected chi connectivity index (χ1v) is 7.41. The van der Waals surface area contributed by atoms with Crippen LogP contribution in [0.2, 0.25) is 5.02 Å². The van der Waals surface area contributed by atoms with Crippen molar-refractivity contribution in [2.45, 2.75) is 25.8 Å². The zero-order valence-electron chi connectivity index (χ0n) is 11.9. The van der Waals surface area contributed by atoms with E-state index in [-0.39, 0.29) is 17.6 Å². The third kappa shape index (κ3) is 4.73. The molecule has 4 heteroatoms. The van der Waals surface area contributed by atoms with E-state index in [0.717, 1.165) is 30.5 Å². The zero-order valence-corrected chi connectivity index (χ0v) is 12.7. The molecule has 1 atom stereocenters. The van der Waals surface area contributed by atoms with E-state index in [2.05, 4.69) is 12.2 Å². The summed E-state index contributed by atoms with van der Waals surface area (Å²) in [5, 5.41) is 13.2. The van der Waals surface area contributed by atoms with Crippen LogP contribution >= 0.6 is 11.6 Å². The molecule has 0 amide bonds. The van der Waals surface area contributed by atoms with Gasteiger partial charge in [0.05, 0.1) is 0 Å². The minimum atomic E-state index is -0.317. The molecule has 112 valence electrons. The fourth-order valence-electron chi connectivity index (χ4n) is 2.37. The second-order valence-corrected chi connectivity index (χ2v) is 5.47. The fraction of sp³-hybridized carbons (Fsp3) is 0.294. The van der Waals surface area contributed by atoms with Gasteiger partial charge >= 0.3 is 0 Å². The van der Waals surface area contributed by atoms with Crippen molar-refractivity contribution in [3.63, 3.8) is 0 Å². The predicted molar refractivity (Wildman–Crippen MR) is 84.4 cm³/mol. The molecule has 0 aliphatic carbocycles. The Morgan fingerprint density at radius 1 is 1.14 bits per heavy atom. The molecule has 2 aromatic rings. The Balaban J connectivity index is 2.09. The smallest absolute Gasteiger partial charge is 0.124 e. The van der Waals surface area contributed by atoms with Crippen LogP contribution in [0.15, 0.2) is 42.5 Å². The van der Waals surface area contributed by atoms with Gasteiger partial charge in [-0.25, -0.2) is 4.39 Å². The maximum Gasteiger partial charge on any atom is 0.124 e. The molecule has 0 saturated heterocycles. The number of benzene rings is 2. The van der Waals surface area contributed by atoms with Crippen LogP contribution in [0.5, 0.6) is 5.75 Å². The van der Waals surface area contributed by atoms with Gasteiger partial charge in [-0.2, -0.15) is 0 Å². The molecular formula is C17H19ClFNO. The Bertz CT molecular complexity index is 586. The van der Waals surface area contributed by atoms with Crippen molar-refractivity contribution >= 4 is 11.6 Å². The number of rotatable bonds is 6. The van der Waals surface area contributed by atoms with Crippen LogP contribution in [0.1, 0.15) is 18.1 Å². The van der Waals surface area contributed by atoms with Gasteiger partial charge < -0.3 is 10.4 Å². The van der Waals surface area contributed by atoms with E-state index in [1.54, 1.807) is 18.2 Å². The lowest BCUT2D eigenvalue weighted by Crippen LogP contribution is -2.33. The molecule has 0 heterocycles. The molecule has 2 rings (SSSR count). The molecule has 0 radical (unpaired) electrons. The maximum absolute atomic E-state index is 13.1. The molecule has 2 nitrogen and oxygen atoms in total. The molecule has 0 aliphatic heterocycles. The van der Waals surface area contributed by atoms with Gasteiger partial charge in [0.1, 0.15) is 11.6 Å². The van der Waals surface area contributed by atoms with Gasteiger partial charge in [0.15, 0.2) is 0 Å². The maximum atomic E-state index is 13.1. The summed E-state index contributed by atoms with van der Waals surface area (Å²) in [4.78, 5) is 0. The Kier molecular flexibility index (Phi) is 5.59. The summed E-state index contributed by atoms with van der Waals surface area (Å²) in [7, 11) is 0. The lowest BCUT2D eigenvalue weighted by molar-refractivity contribution is 0.474. The normalized spacial score (nSPS) is 12.3. The summed E-state index contributed by atoms with van der Waals surface area (Å²) < 4.78 is 13.1. The third-order valence-corrected chi connectivity index (χ3v) is 3.74. The number of halogens is 2. The minimum Gasteiger partial charge on any atom is -0.508 e. The molecule has 0 bridgehead atoms. The number of aromatic hydroxyl groups is 1. The van der Waals surface area contributed by atoms with Crippen molar-refractivity contribution < 1.29 is 9.50 Å². The molecule has 2 N–H and O–H groups in total. The average Bonchev–Trinajstić information content (AvgIpc) is 2.44. The zero-order chi connectivity index (χ0) is 15.2. The number of hydrogen-bond donors (Lipinski definition) is 2. The van der Waals surface area contributed by atoms with Gasteiger partial charge in [0, 0.05) is 11.1 Å². The molecular weight excluding hydrogens is 289 g/mol. The van der Waals surface area contributed by atoms with Crippen LogP contribution in [0, 0.1) is 5.82 Å². The molecule has 0 spiro atoms. The highest BCUT2D eigenvalue weighted by atomic mass is 35.5. The van der Waals surface area contributed by atoms with Crippen LogP contribution in [0.25, 0.3) is 0 Å². The summed E-state index contributed by atoms with van der Waals surface area (Å²) in [6, 6.07) is 11.9. The molecule has 1 unspecified atom stereocenters. The SMILES string of the molecule is CCNC(Cc1ccc(O)cc1)Cc1ccc(F)cc1Cl. The van der Waals surface area contributed by atoms with Gasteiger partial charge in [-0.15, -0.1) is 0 Å². The predicted octanol–water partition coefficient (Wildman–Crippen LogP) is 3.95. The quantitative estimate of drug-likeness (QED) is 0.847. The summed E-state index contributed by atoms with van der Waals surface area (Å²) in [6.07, 6.45) is 1.55. The van der Waals surface area contributed by atoms with E-state index in [1.165, 1.54) is 12.1 Å². The van der Waals surface area contributed by atoms with E-state index in [4.69, 9.17) is 11.6 Å². The van der Waals surface area contributed by atoms with E-state index in [0.29, 0.717) is 5.02 Å². The molecule has 21 heavy (non-hydrogen) atoms. The van der Waals surface area contributed by atoms with Crippen molar-refractivity contribution in [3.8, 4) is 5.75 Å². The van der Waals surface area contributed by atoms with Gasteiger partial charge in [-0.3, -0.25) is 0 Å². The fourth-order valence-corrected chi connectivity index (χ4v) is 2.62. The first kappa shape index (κ1) is 15.8. The summed E-state index contributed by atoms with van der Waals surface area (Å²) in [6.45, 7) is 2.90. The van der Waals surface area contributed by atoms with Crippen LogP contribution in [0.4, 0.5) is 4.39 Å². The van der Waals surface area contributed by atoms with Gasteiger partial charge in [0.2, 0.25) is 0 Å².